The standard InChI is InChI=1S/C24H23Cl2N3O6S2/c25-16-1-6-20(7-2-16)36(32,33)28-23-10-3-17(26)15-22(23)24(31)27-18-4-8-21(9-5-18)37(34,35)29-13-11-19(30)12-14-29/h1-10,15,19,28,30H,11-14H2,(H,27,31). The molecule has 1 saturated heterocycles. The second kappa shape index (κ2) is 11.0. The number of rotatable bonds is 7. The maximum absolute atomic E-state index is 13.0. The van der Waals surface area contributed by atoms with Gasteiger partial charge in [0.05, 0.1) is 27.1 Å². The summed E-state index contributed by atoms with van der Waals surface area (Å²) in [5.74, 6) is -0.656. The number of hydrogen-bond donors (Lipinski definition) is 3. The first kappa shape index (κ1) is 27.4. The Morgan fingerprint density at radius 1 is 0.838 bits per heavy atom. The molecule has 1 fully saturated rings. The molecule has 9 nitrogen and oxygen atoms in total. The van der Waals surface area contributed by atoms with Crippen LogP contribution >= 0.6 is 23.2 Å². The summed E-state index contributed by atoms with van der Waals surface area (Å²) in [6.45, 7) is 0.455. The number of halogens is 2. The van der Waals surface area contributed by atoms with Crippen molar-refractivity contribution in [3.8, 4) is 0 Å². The molecule has 1 aliphatic rings. The average Bonchev–Trinajstić information content (AvgIpc) is 2.86. The van der Waals surface area contributed by atoms with Crippen molar-refractivity contribution in [2.75, 3.05) is 23.1 Å². The van der Waals surface area contributed by atoms with E-state index in [2.05, 4.69) is 10.0 Å². The first-order valence-electron chi connectivity index (χ1n) is 11.1. The van der Waals surface area contributed by atoms with Crippen molar-refractivity contribution in [3.05, 3.63) is 82.3 Å². The van der Waals surface area contributed by atoms with Crippen molar-refractivity contribution < 1.29 is 26.7 Å². The van der Waals surface area contributed by atoms with E-state index < -0.39 is 32.1 Å². The van der Waals surface area contributed by atoms with Gasteiger partial charge >= 0.3 is 0 Å². The van der Waals surface area contributed by atoms with Crippen LogP contribution in [0.1, 0.15) is 23.2 Å². The molecule has 1 aliphatic heterocycles. The lowest BCUT2D eigenvalue weighted by Crippen LogP contribution is -2.39. The van der Waals surface area contributed by atoms with Gasteiger partial charge in [-0.25, -0.2) is 16.8 Å². The highest BCUT2D eigenvalue weighted by Gasteiger charge is 2.28. The van der Waals surface area contributed by atoms with Gasteiger partial charge in [-0.05, 0) is 79.6 Å². The van der Waals surface area contributed by atoms with Gasteiger partial charge in [0, 0.05) is 28.8 Å². The number of benzene rings is 3. The Morgan fingerprint density at radius 2 is 1.41 bits per heavy atom. The molecule has 37 heavy (non-hydrogen) atoms. The van der Waals surface area contributed by atoms with Crippen molar-refractivity contribution >= 4 is 60.5 Å². The predicted molar refractivity (Wildman–Crippen MR) is 142 cm³/mol. The van der Waals surface area contributed by atoms with Crippen LogP contribution in [0.15, 0.2) is 76.5 Å². The van der Waals surface area contributed by atoms with E-state index in [0.29, 0.717) is 23.6 Å². The van der Waals surface area contributed by atoms with Crippen molar-refractivity contribution in [3.63, 3.8) is 0 Å². The monoisotopic (exact) mass is 583 g/mol. The van der Waals surface area contributed by atoms with Crippen LogP contribution < -0.4 is 10.0 Å². The molecule has 0 spiro atoms. The highest BCUT2D eigenvalue weighted by molar-refractivity contribution is 7.92. The molecule has 0 radical (unpaired) electrons. The number of carbonyl (C=O) groups excluding carboxylic acids is 1. The third-order valence-electron chi connectivity index (χ3n) is 5.77. The minimum absolute atomic E-state index is 0.00309. The quantitative estimate of drug-likeness (QED) is 0.382. The SMILES string of the molecule is O=C(Nc1ccc(S(=O)(=O)N2CCC(O)CC2)cc1)c1cc(Cl)ccc1NS(=O)(=O)c1ccc(Cl)cc1. The van der Waals surface area contributed by atoms with E-state index >= 15 is 0 Å². The normalized spacial score (nSPS) is 15.3. The highest BCUT2D eigenvalue weighted by atomic mass is 35.5. The molecule has 3 aromatic rings. The molecule has 0 aliphatic carbocycles. The predicted octanol–water partition coefficient (Wildman–Crippen LogP) is 4.19. The number of aliphatic hydroxyl groups is 1. The van der Waals surface area contributed by atoms with E-state index in [-0.39, 0.29) is 39.2 Å². The number of anilines is 2. The molecule has 3 aromatic carbocycles. The Bertz CT molecular complexity index is 1510. The number of hydrogen-bond acceptors (Lipinski definition) is 6. The van der Waals surface area contributed by atoms with Gasteiger partial charge in [-0.1, -0.05) is 23.2 Å². The first-order chi connectivity index (χ1) is 17.5. The van der Waals surface area contributed by atoms with Crippen LogP contribution in [0.2, 0.25) is 10.0 Å². The number of nitrogens with one attached hydrogen (secondary N) is 2. The van der Waals surface area contributed by atoms with Crippen molar-refractivity contribution in [1.29, 1.82) is 0 Å². The molecule has 3 N–H and O–H groups in total. The average molecular weight is 585 g/mol. The summed E-state index contributed by atoms with van der Waals surface area (Å²) in [5.41, 5.74) is 0.265. The number of amides is 1. The molecule has 0 unspecified atom stereocenters. The smallest absolute Gasteiger partial charge is 0.261 e. The lowest BCUT2D eigenvalue weighted by molar-refractivity contribution is 0.102. The fraction of sp³-hybridized carbons (Fsp3) is 0.208. The number of carbonyl (C=O) groups is 1. The minimum Gasteiger partial charge on any atom is -0.393 e. The largest absolute Gasteiger partial charge is 0.393 e. The Morgan fingerprint density at radius 3 is 2.03 bits per heavy atom. The van der Waals surface area contributed by atoms with Gasteiger partial charge < -0.3 is 10.4 Å². The van der Waals surface area contributed by atoms with E-state index in [1.54, 1.807) is 0 Å². The highest BCUT2D eigenvalue weighted by Crippen LogP contribution is 2.27. The van der Waals surface area contributed by atoms with Crippen LogP contribution in [0.4, 0.5) is 11.4 Å². The van der Waals surface area contributed by atoms with Crippen molar-refractivity contribution in [2.24, 2.45) is 0 Å². The zero-order chi connectivity index (χ0) is 26.8. The molecule has 0 aromatic heterocycles. The maximum atomic E-state index is 13.0. The van der Waals surface area contributed by atoms with Crippen LogP contribution in [-0.2, 0) is 20.0 Å². The van der Waals surface area contributed by atoms with Gasteiger partial charge in [0.2, 0.25) is 10.0 Å². The summed E-state index contributed by atoms with van der Waals surface area (Å²) in [6.07, 6.45) is 0.241. The van der Waals surface area contributed by atoms with Crippen LogP contribution in [-0.4, -0.2) is 51.3 Å². The van der Waals surface area contributed by atoms with Crippen LogP contribution in [0.25, 0.3) is 0 Å². The molecule has 13 heteroatoms. The lowest BCUT2D eigenvalue weighted by Gasteiger charge is -2.28. The molecule has 0 atom stereocenters. The molecule has 1 amide bonds. The van der Waals surface area contributed by atoms with E-state index in [0.717, 1.165) is 0 Å². The molecule has 0 saturated carbocycles. The fourth-order valence-corrected chi connectivity index (χ4v) is 6.60. The van der Waals surface area contributed by atoms with Gasteiger partial charge in [-0.15, -0.1) is 0 Å². The number of nitrogens with zero attached hydrogens (tertiary/aromatic N) is 1. The Kier molecular flexibility index (Phi) is 8.12. The molecular formula is C24H23Cl2N3O6S2. The number of aliphatic hydroxyl groups excluding tert-OH is 1. The van der Waals surface area contributed by atoms with Crippen molar-refractivity contribution in [2.45, 2.75) is 28.7 Å². The minimum atomic E-state index is -4.03. The Labute approximate surface area is 225 Å². The molecule has 0 bridgehead atoms. The van der Waals surface area contributed by atoms with Crippen LogP contribution in [0, 0.1) is 0 Å². The summed E-state index contributed by atoms with van der Waals surface area (Å²) in [4.78, 5) is 13.1. The summed E-state index contributed by atoms with van der Waals surface area (Å²) in [6, 6.07) is 15.3. The summed E-state index contributed by atoms with van der Waals surface area (Å²) in [7, 11) is -7.76. The van der Waals surface area contributed by atoms with Gasteiger partial charge in [0.15, 0.2) is 0 Å². The zero-order valence-corrected chi connectivity index (χ0v) is 22.4. The van der Waals surface area contributed by atoms with E-state index in [9.17, 15) is 26.7 Å². The third-order valence-corrected chi connectivity index (χ3v) is 9.55. The molecular weight excluding hydrogens is 561 g/mol. The second-order valence-electron chi connectivity index (χ2n) is 8.36. The van der Waals surface area contributed by atoms with Gasteiger partial charge in [0.25, 0.3) is 15.9 Å². The topological polar surface area (TPSA) is 133 Å². The van der Waals surface area contributed by atoms with E-state index in [1.807, 2.05) is 0 Å². The molecule has 1 heterocycles. The second-order valence-corrected chi connectivity index (χ2v) is 12.9. The lowest BCUT2D eigenvalue weighted by atomic mass is 10.1. The fourth-order valence-electron chi connectivity index (χ4n) is 3.75. The van der Waals surface area contributed by atoms with Gasteiger partial charge in [0.1, 0.15) is 0 Å². The maximum Gasteiger partial charge on any atom is 0.261 e. The molecule has 196 valence electrons. The third kappa shape index (κ3) is 6.43. The summed E-state index contributed by atoms with van der Waals surface area (Å²) < 4.78 is 55.1. The first-order valence-corrected chi connectivity index (χ1v) is 14.8. The summed E-state index contributed by atoms with van der Waals surface area (Å²) in [5, 5.41) is 12.9. The zero-order valence-electron chi connectivity index (χ0n) is 19.3. The number of sulfonamides is 2. The Hall–Kier alpha value is -2.67. The Balaban J connectivity index is 1.52. The van der Waals surface area contributed by atoms with Gasteiger partial charge in [-0.2, -0.15) is 4.31 Å². The van der Waals surface area contributed by atoms with Crippen LogP contribution in [0.5, 0.6) is 0 Å². The number of piperidine rings is 1. The van der Waals surface area contributed by atoms with E-state index in [4.69, 9.17) is 23.2 Å². The van der Waals surface area contributed by atoms with Crippen molar-refractivity contribution in [1.82, 2.24) is 4.31 Å². The van der Waals surface area contributed by atoms with E-state index in [1.165, 1.54) is 71.0 Å². The molecule has 4 rings (SSSR count). The van der Waals surface area contributed by atoms with Gasteiger partial charge in [-0.3, -0.25) is 9.52 Å². The summed E-state index contributed by atoms with van der Waals surface area (Å²) >= 11 is 11.9. The van der Waals surface area contributed by atoms with Crippen LogP contribution in [0.3, 0.4) is 0 Å².